The highest BCUT2D eigenvalue weighted by molar-refractivity contribution is 5.19. The third-order valence-corrected chi connectivity index (χ3v) is 5.19. The monoisotopic (exact) mass is 401 g/mol. The van der Waals surface area contributed by atoms with Crippen LogP contribution in [0.2, 0.25) is 0 Å². The van der Waals surface area contributed by atoms with Crippen LogP contribution in [0.25, 0.3) is 0 Å². The molecule has 0 bridgehead atoms. The molecule has 0 saturated carbocycles. The van der Waals surface area contributed by atoms with Gasteiger partial charge in [0.25, 0.3) is 0 Å². The summed E-state index contributed by atoms with van der Waals surface area (Å²) in [6.45, 7) is 4.17. The van der Waals surface area contributed by atoms with Gasteiger partial charge in [0.1, 0.15) is 0 Å². The number of alkyl halides is 3. The average molecular weight is 402 g/mol. The zero-order chi connectivity index (χ0) is 20.8. The molecule has 0 radical (unpaired) electrons. The quantitative estimate of drug-likeness (QED) is 0.486. The van der Waals surface area contributed by atoms with Gasteiger partial charge in [0.15, 0.2) is 0 Å². The molecule has 6 heteroatoms. The lowest BCUT2D eigenvalue weighted by Crippen LogP contribution is -2.18. The molecule has 0 aliphatic carbocycles. The van der Waals surface area contributed by atoms with Crippen molar-refractivity contribution in [1.29, 1.82) is 0 Å². The van der Waals surface area contributed by atoms with Gasteiger partial charge in [-0.2, -0.15) is 13.2 Å². The normalized spacial score (nSPS) is 17.4. The van der Waals surface area contributed by atoms with Crippen LogP contribution in [-0.2, 0) is 6.42 Å². The Bertz CT molecular complexity index is 495. The fraction of sp³-hybridized carbons (Fsp3) is 0.773. The van der Waals surface area contributed by atoms with Crippen molar-refractivity contribution in [2.45, 2.75) is 89.8 Å². The molecule has 1 aliphatic heterocycles. The van der Waals surface area contributed by atoms with E-state index in [0.717, 1.165) is 31.5 Å². The van der Waals surface area contributed by atoms with Crippen LogP contribution in [0.3, 0.4) is 0 Å². The molecule has 0 aromatic carbocycles. The van der Waals surface area contributed by atoms with Gasteiger partial charge in [-0.3, -0.25) is 9.88 Å². The van der Waals surface area contributed by atoms with Crippen molar-refractivity contribution >= 4 is 0 Å². The van der Waals surface area contributed by atoms with E-state index in [1.54, 1.807) is 12.3 Å². The molecular formula is C22H38F3N3. The maximum absolute atomic E-state index is 12.2. The number of nitrogens with zero attached hydrogens (tertiary/aromatic N) is 2. The van der Waals surface area contributed by atoms with Gasteiger partial charge in [0.05, 0.1) is 6.42 Å². The first kappa shape index (κ1) is 24.9. The summed E-state index contributed by atoms with van der Waals surface area (Å²) >= 11 is 0. The fourth-order valence-corrected chi connectivity index (χ4v) is 3.55. The van der Waals surface area contributed by atoms with Gasteiger partial charge in [-0.25, -0.2) is 0 Å². The molecule has 0 amide bonds. The van der Waals surface area contributed by atoms with E-state index in [-0.39, 0.29) is 5.69 Å². The lowest BCUT2D eigenvalue weighted by atomic mass is 10.1. The van der Waals surface area contributed by atoms with Crippen LogP contribution in [0, 0.1) is 0 Å². The van der Waals surface area contributed by atoms with Gasteiger partial charge in [0, 0.05) is 17.9 Å². The Labute approximate surface area is 168 Å². The molecule has 2 rings (SSSR count). The lowest BCUT2D eigenvalue weighted by molar-refractivity contribution is -0.127. The number of nitrogens with two attached hydrogens (primary N) is 1. The largest absolute Gasteiger partial charge is 0.394 e. The van der Waals surface area contributed by atoms with E-state index >= 15 is 0 Å². The highest BCUT2D eigenvalue weighted by Crippen LogP contribution is 2.30. The first-order valence-corrected chi connectivity index (χ1v) is 10.8. The minimum atomic E-state index is -4.18. The van der Waals surface area contributed by atoms with Crippen molar-refractivity contribution in [2.75, 3.05) is 20.1 Å². The first-order chi connectivity index (χ1) is 13.4. The molecule has 1 aliphatic rings. The number of hydrogen-bond acceptors (Lipinski definition) is 3. The predicted molar refractivity (Wildman–Crippen MR) is 110 cm³/mol. The maximum atomic E-state index is 12.2. The Balaban J connectivity index is 0.000000311. The number of halogens is 3. The Morgan fingerprint density at radius 1 is 1.07 bits per heavy atom. The Hall–Kier alpha value is -1.14. The lowest BCUT2D eigenvalue weighted by Gasteiger charge is -2.19. The summed E-state index contributed by atoms with van der Waals surface area (Å²) in [5.41, 5.74) is 6.49. The molecule has 162 valence electrons. The van der Waals surface area contributed by atoms with Gasteiger partial charge >= 0.3 is 6.18 Å². The van der Waals surface area contributed by atoms with Crippen LogP contribution < -0.4 is 5.73 Å². The summed E-state index contributed by atoms with van der Waals surface area (Å²) in [6.07, 6.45) is 9.61. The van der Waals surface area contributed by atoms with Crippen molar-refractivity contribution in [3.63, 3.8) is 0 Å². The summed E-state index contributed by atoms with van der Waals surface area (Å²) in [6, 6.07) is 3.55. The van der Waals surface area contributed by atoms with Crippen molar-refractivity contribution in [3.8, 4) is 0 Å². The first-order valence-electron chi connectivity index (χ1n) is 10.8. The molecule has 1 aromatic rings. The van der Waals surface area contributed by atoms with Crippen LogP contribution in [0.5, 0.6) is 0 Å². The smallest absolute Gasteiger partial charge is 0.330 e. The summed E-state index contributed by atoms with van der Waals surface area (Å²) in [4.78, 5) is 6.11. The van der Waals surface area contributed by atoms with Gasteiger partial charge in [-0.1, -0.05) is 57.9 Å². The third kappa shape index (κ3) is 11.0. The third-order valence-electron chi connectivity index (χ3n) is 5.19. The number of aromatic nitrogens is 1. The van der Waals surface area contributed by atoms with E-state index in [1.807, 2.05) is 7.05 Å². The summed E-state index contributed by atoms with van der Waals surface area (Å²) in [5.74, 6) is 0. The van der Waals surface area contributed by atoms with Crippen LogP contribution >= 0.6 is 0 Å². The minimum Gasteiger partial charge on any atom is -0.330 e. The van der Waals surface area contributed by atoms with E-state index in [4.69, 9.17) is 5.73 Å². The molecule has 2 N–H and O–H groups in total. The van der Waals surface area contributed by atoms with E-state index < -0.39 is 12.6 Å². The second-order valence-electron chi connectivity index (χ2n) is 7.78. The Morgan fingerprint density at radius 3 is 2.18 bits per heavy atom. The van der Waals surface area contributed by atoms with Crippen LogP contribution in [-0.4, -0.2) is 36.2 Å². The van der Waals surface area contributed by atoms with E-state index in [2.05, 4.69) is 16.8 Å². The van der Waals surface area contributed by atoms with Crippen molar-refractivity contribution in [2.24, 2.45) is 5.73 Å². The predicted octanol–water partition coefficient (Wildman–Crippen LogP) is 6.04. The molecular weight excluding hydrogens is 363 g/mol. The second kappa shape index (κ2) is 13.9. The number of pyridine rings is 1. The Morgan fingerprint density at radius 2 is 1.71 bits per heavy atom. The summed E-state index contributed by atoms with van der Waals surface area (Å²) in [5, 5.41) is 0. The number of likely N-dealkylation sites (tertiary alicyclic amines) is 1. The number of rotatable bonds is 10. The van der Waals surface area contributed by atoms with Gasteiger partial charge in [-0.15, -0.1) is 0 Å². The van der Waals surface area contributed by atoms with Crippen LogP contribution in [0.1, 0.15) is 88.4 Å². The van der Waals surface area contributed by atoms with E-state index in [9.17, 15) is 13.2 Å². The molecule has 1 saturated heterocycles. The van der Waals surface area contributed by atoms with Gasteiger partial charge < -0.3 is 5.73 Å². The van der Waals surface area contributed by atoms with Gasteiger partial charge in [0.2, 0.25) is 0 Å². The molecule has 1 aromatic heterocycles. The SMILES string of the molecule is CCCCCCCCCCN.CN1CCCC1c1ccc(CC(F)(F)F)nc1. The molecule has 2 heterocycles. The number of hydrogen-bond donors (Lipinski definition) is 1. The van der Waals surface area contributed by atoms with Crippen LogP contribution in [0.15, 0.2) is 18.3 Å². The molecule has 28 heavy (non-hydrogen) atoms. The topological polar surface area (TPSA) is 42.1 Å². The average Bonchev–Trinajstić information content (AvgIpc) is 3.07. The fourth-order valence-electron chi connectivity index (χ4n) is 3.55. The minimum absolute atomic E-state index is 0.0851. The van der Waals surface area contributed by atoms with E-state index in [0.29, 0.717) is 6.04 Å². The molecule has 0 spiro atoms. The van der Waals surface area contributed by atoms with Crippen LogP contribution in [0.4, 0.5) is 13.2 Å². The van der Waals surface area contributed by atoms with Crippen molar-refractivity contribution in [3.05, 3.63) is 29.6 Å². The van der Waals surface area contributed by atoms with E-state index in [1.165, 1.54) is 57.4 Å². The maximum Gasteiger partial charge on any atom is 0.394 e. The number of unbranched alkanes of at least 4 members (excludes halogenated alkanes) is 7. The van der Waals surface area contributed by atoms with Crippen molar-refractivity contribution < 1.29 is 13.2 Å². The van der Waals surface area contributed by atoms with Gasteiger partial charge in [-0.05, 0) is 51.0 Å². The van der Waals surface area contributed by atoms with Crippen molar-refractivity contribution in [1.82, 2.24) is 9.88 Å². The molecule has 1 unspecified atom stereocenters. The highest BCUT2D eigenvalue weighted by atomic mass is 19.4. The molecule has 1 fully saturated rings. The zero-order valence-corrected chi connectivity index (χ0v) is 17.6. The summed E-state index contributed by atoms with van der Waals surface area (Å²) in [7, 11) is 2.03. The molecule has 3 nitrogen and oxygen atoms in total. The second-order valence-corrected chi connectivity index (χ2v) is 7.78. The standard InChI is InChI=1S/C12H15F3N2.C10H23N/c1-17-6-2-3-11(17)9-4-5-10(16-8-9)7-12(13,14)15;1-2-3-4-5-6-7-8-9-10-11/h4-5,8,11H,2-3,6-7H2,1H3;2-11H2,1H3. The zero-order valence-electron chi connectivity index (χ0n) is 17.6. The Kier molecular flexibility index (Phi) is 12.4. The summed E-state index contributed by atoms with van der Waals surface area (Å²) < 4.78 is 36.5. The molecule has 1 atom stereocenters. The highest BCUT2D eigenvalue weighted by Gasteiger charge is 2.29.